The first kappa shape index (κ1) is 24.2. The Labute approximate surface area is 191 Å². The van der Waals surface area contributed by atoms with Crippen LogP contribution in [0.3, 0.4) is 0 Å². The van der Waals surface area contributed by atoms with Crippen LogP contribution < -0.4 is 10.2 Å². The largest absolute Gasteiger partial charge is 0.373 e. The highest BCUT2D eigenvalue weighted by molar-refractivity contribution is 7.89. The van der Waals surface area contributed by atoms with Gasteiger partial charge >= 0.3 is 0 Å². The molecule has 1 N–H and O–H groups in total. The van der Waals surface area contributed by atoms with Gasteiger partial charge in [0.15, 0.2) is 0 Å². The summed E-state index contributed by atoms with van der Waals surface area (Å²) in [6, 6.07) is 16.4. The molecule has 1 fully saturated rings. The molecule has 3 rings (SSSR count). The minimum Gasteiger partial charge on any atom is -0.373 e. The van der Waals surface area contributed by atoms with Gasteiger partial charge in [-0.05, 0) is 57.5 Å². The molecule has 0 saturated carbocycles. The number of anilines is 1. The predicted octanol–water partition coefficient (Wildman–Crippen LogP) is 3.13. The van der Waals surface area contributed by atoms with Gasteiger partial charge in [0.25, 0.3) is 5.91 Å². The molecule has 32 heavy (non-hydrogen) atoms. The summed E-state index contributed by atoms with van der Waals surface area (Å²) < 4.78 is 33.3. The number of morpholine rings is 1. The number of hydrogen-bond acceptors (Lipinski definition) is 5. The molecule has 1 amide bonds. The third-order valence-corrected chi connectivity index (χ3v) is 7.34. The Kier molecular flexibility index (Phi) is 8.28. The van der Waals surface area contributed by atoms with E-state index in [1.54, 1.807) is 12.1 Å². The van der Waals surface area contributed by atoms with Gasteiger partial charge in [-0.2, -0.15) is 4.31 Å². The van der Waals surface area contributed by atoms with E-state index in [1.807, 2.05) is 32.0 Å². The van der Waals surface area contributed by atoms with Gasteiger partial charge in [0.1, 0.15) is 0 Å². The number of rotatable bonds is 9. The number of benzene rings is 2. The van der Waals surface area contributed by atoms with Gasteiger partial charge in [-0.1, -0.05) is 24.3 Å². The normalized spacial score (nSPS) is 19.5. The zero-order valence-electron chi connectivity index (χ0n) is 19.0. The van der Waals surface area contributed by atoms with Crippen molar-refractivity contribution < 1.29 is 17.9 Å². The summed E-state index contributed by atoms with van der Waals surface area (Å²) in [5, 5.41) is 2.91. The molecule has 0 bridgehead atoms. The van der Waals surface area contributed by atoms with Gasteiger partial charge in [0.05, 0.1) is 17.1 Å². The van der Waals surface area contributed by atoms with Crippen LogP contribution in [0, 0.1) is 0 Å². The van der Waals surface area contributed by atoms with Crippen LogP contribution in [-0.4, -0.2) is 63.6 Å². The SMILES string of the molecule is CCN(CCCNC(=O)c1cccc(S(=O)(=O)N2CC(C)OC(C)C2)c1)c1ccccc1. The van der Waals surface area contributed by atoms with Crippen molar-refractivity contribution in [2.75, 3.05) is 37.6 Å². The zero-order chi connectivity index (χ0) is 23.1. The van der Waals surface area contributed by atoms with Crippen LogP contribution in [-0.2, 0) is 14.8 Å². The molecule has 2 aromatic rings. The fraction of sp³-hybridized carbons (Fsp3) is 0.458. The Balaban J connectivity index is 1.58. The highest BCUT2D eigenvalue weighted by atomic mass is 32.2. The van der Waals surface area contributed by atoms with Crippen molar-refractivity contribution in [2.24, 2.45) is 0 Å². The van der Waals surface area contributed by atoms with Gasteiger partial charge < -0.3 is 15.0 Å². The fourth-order valence-corrected chi connectivity index (χ4v) is 5.59. The molecule has 2 atom stereocenters. The first-order valence-corrected chi connectivity index (χ1v) is 12.6. The van der Waals surface area contributed by atoms with Gasteiger partial charge in [-0.25, -0.2) is 8.42 Å². The Bertz CT molecular complexity index is 987. The van der Waals surface area contributed by atoms with E-state index in [1.165, 1.54) is 16.4 Å². The number of ether oxygens (including phenoxy) is 1. The Hall–Kier alpha value is -2.42. The number of nitrogens with zero attached hydrogens (tertiary/aromatic N) is 2. The lowest BCUT2D eigenvalue weighted by atomic mass is 10.2. The molecule has 174 valence electrons. The predicted molar refractivity (Wildman–Crippen MR) is 126 cm³/mol. The van der Waals surface area contributed by atoms with E-state index >= 15 is 0 Å². The number of para-hydroxylation sites is 1. The topological polar surface area (TPSA) is 79.0 Å². The van der Waals surface area contributed by atoms with Crippen LogP contribution in [0.4, 0.5) is 5.69 Å². The second-order valence-corrected chi connectivity index (χ2v) is 10.1. The Morgan fingerprint density at radius 3 is 2.44 bits per heavy atom. The van der Waals surface area contributed by atoms with Crippen LogP contribution in [0.2, 0.25) is 0 Å². The van der Waals surface area contributed by atoms with Crippen molar-refractivity contribution in [3.63, 3.8) is 0 Å². The van der Waals surface area contributed by atoms with Crippen LogP contribution in [0.5, 0.6) is 0 Å². The molecule has 2 unspecified atom stereocenters. The van der Waals surface area contributed by atoms with Crippen molar-refractivity contribution in [1.82, 2.24) is 9.62 Å². The molecule has 0 radical (unpaired) electrons. The standard InChI is InChI=1S/C24H33N3O4S/c1-4-26(22-11-6-5-7-12-22)15-9-14-25-24(28)21-10-8-13-23(16-21)32(29,30)27-17-19(2)31-20(3)18-27/h5-8,10-13,16,19-20H,4,9,14-15,17-18H2,1-3H3,(H,25,28). The number of hydrogen-bond donors (Lipinski definition) is 1. The molecule has 1 aliphatic heterocycles. The summed E-state index contributed by atoms with van der Waals surface area (Å²) in [6.07, 6.45) is 0.452. The highest BCUT2D eigenvalue weighted by Gasteiger charge is 2.32. The first-order valence-electron chi connectivity index (χ1n) is 11.1. The van der Waals surface area contributed by atoms with E-state index < -0.39 is 10.0 Å². The Morgan fingerprint density at radius 1 is 1.09 bits per heavy atom. The number of carbonyl (C=O) groups excluding carboxylic acids is 1. The molecule has 1 aliphatic rings. The molecular formula is C24H33N3O4S. The molecule has 8 heteroatoms. The summed E-state index contributed by atoms with van der Waals surface area (Å²) in [7, 11) is -3.69. The maximum absolute atomic E-state index is 13.1. The van der Waals surface area contributed by atoms with Crippen molar-refractivity contribution in [3.05, 3.63) is 60.2 Å². The van der Waals surface area contributed by atoms with Gasteiger partial charge in [-0.15, -0.1) is 0 Å². The van der Waals surface area contributed by atoms with E-state index in [0.717, 1.165) is 25.2 Å². The lowest BCUT2D eigenvalue weighted by molar-refractivity contribution is -0.0440. The van der Waals surface area contributed by atoms with Crippen LogP contribution in [0.1, 0.15) is 37.6 Å². The van der Waals surface area contributed by atoms with Gasteiger partial charge in [-0.3, -0.25) is 4.79 Å². The third-order valence-electron chi connectivity index (χ3n) is 5.51. The van der Waals surface area contributed by atoms with E-state index in [-0.39, 0.29) is 23.0 Å². The molecule has 2 aromatic carbocycles. The molecule has 0 spiro atoms. The summed E-state index contributed by atoms with van der Waals surface area (Å²) in [5.74, 6) is -0.270. The average molecular weight is 460 g/mol. The van der Waals surface area contributed by atoms with E-state index in [2.05, 4.69) is 29.3 Å². The van der Waals surface area contributed by atoms with Crippen molar-refractivity contribution in [2.45, 2.75) is 44.3 Å². The molecule has 0 aliphatic carbocycles. The number of nitrogens with one attached hydrogen (secondary N) is 1. The first-order chi connectivity index (χ1) is 15.3. The second kappa shape index (κ2) is 10.9. The average Bonchev–Trinajstić information content (AvgIpc) is 2.79. The number of carbonyl (C=O) groups is 1. The van der Waals surface area contributed by atoms with Crippen LogP contribution >= 0.6 is 0 Å². The maximum Gasteiger partial charge on any atom is 0.251 e. The molecule has 7 nitrogen and oxygen atoms in total. The van der Waals surface area contributed by atoms with Crippen molar-refractivity contribution in [3.8, 4) is 0 Å². The Morgan fingerprint density at radius 2 is 1.78 bits per heavy atom. The lowest BCUT2D eigenvalue weighted by Crippen LogP contribution is -2.48. The summed E-state index contributed by atoms with van der Waals surface area (Å²) >= 11 is 0. The maximum atomic E-state index is 13.1. The van der Waals surface area contributed by atoms with Crippen LogP contribution in [0.15, 0.2) is 59.5 Å². The van der Waals surface area contributed by atoms with E-state index in [9.17, 15) is 13.2 Å². The summed E-state index contributed by atoms with van der Waals surface area (Å²) in [6.45, 7) is 8.65. The van der Waals surface area contributed by atoms with Crippen LogP contribution in [0.25, 0.3) is 0 Å². The monoisotopic (exact) mass is 459 g/mol. The summed E-state index contributed by atoms with van der Waals surface area (Å²) in [5.41, 5.74) is 1.50. The fourth-order valence-electron chi connectivity index (χ4n) is 3.96. The molecule has 0 aromatic heterocycles. The second-order valence-electron chi connectivity index (χ2n) is 8.13. The van der Waals surface area contributed by atoms with E-state index in [0.29, 0.717) is 25.2 Å². The number of sulfonamides is 1. The highest BCUT2D eigenvalue weighted by Crippen LogP contribution is 2.22. The van der Waals surface area contributed by atoms with Gasteiger partial charge in [0, 0.05) is 44.0 Å². The smallest absolute Gasteiger partial charge is 0.251 e. The minimum atomic E-state index is -3.69. The molecule has 1 heterocycles. The summed E-state index contributed by atoms with van der Waals surface area (Å²) in [4.78, 5) is 15.0. The third kappa shape index (κ3) is 6.09. The molecule has 1 saturated heterocycles. The lowest BCUT2D eigenvalue weighted by Gasteiger charge is -2.34. The van der Waals surface area contributed by atoms with E-state index in [4.69, 9.17) is 4.74 Å². The molecular weight excluding hydrogens is 426 g/mol. The van der Waals surface area contributed by atoms with Crippen molar-refractivity contribution >= 4 is 21.6 Å². The van der Waals surface area contributed by atoms with Crippen molar-refractivity contribution in [1.29, 1.82) is 0 Å². The quantitative estimate of drug-likeness (QED) is 0.583. The number of amides is 1. The minimum absolute atomic E-state index is 0.132. The zero-order valence-corrected chi connectivity index (χ0v) is 19.8. The van der Waals surface area contributed by atoms with Gasteiger partial charge in [0.2, 0.25) is 10.0 Å².